The Kier molecular flexibility index (Phi) is 7.68. The maximum atomic E-state index is 13.2. The van der Waals surface area contributed by atoms with E-state index in [1.54, 1.807) is 24.3 Å². The summed E-state index contributed by atoms with van der Waals surface area (Å²) in [5, 5.41) is 6.21. The van der Waals surface area contributed by atoms with Crippen LogP contribution in [0.4, 0.5) is 0 Å². The second-order valence-electron chi connectivity index (χ2n) is 10.5. The zero-order chi connectivity index (χ0) is 26.7. The molecule has 2 N–H and O–H groups in total. The highest BCUT2D eigenvalue weighted by Crippen LogP contribution is 2.26. The summed E-state index contributed by atoms with van der Waals surface area (Å²) in [6, 6.07) is 22.8. The molecule has 3 aromatic carbocycles. The van der Waals surface area contributed by atoms with E-state index in [-0.39, 0.29) is 11.8 Å². The van der Waals surface area contributed by atoms with Crippen LogP contribution in [-0.4, -0.2) is 11.8 Å². The maximum absolute atomic E-state index is 13.2. The van der Waals surface area contributed by atoms with Crippen molar-refractivity contribution in [2.24, 2.45) is 0 Å². The van der Waals surface area contributed by atoms with Crippen molar-refractivity contribution in [3.63, 3.8) is 0 Å². The lowest BCUT2D eigenvalue weighted by atomic mass is 9.91. The standard InChI is InChI=1S/C32H36N2O2/c1-21(2)23-12-10-16-27(19-23)31(5,6)33-29(35)25-14-9-15-26(18-25)30(36)34-32(7,8)28-17-11-13-24(20-28)22(3)4/h9-20H,1,3H2,2,4-8H3,(H,33,35)(H,34,36). The van der Waals surface area contributed by atoms with Crippen molar-refractivity contribution in [3.05, 3.63) is 119 Å². The van der Waals surface area contributed by atoms with E-state index >= 15 is 0 Å². The Balaban J connectivity index is 1.78. The Morgan fingerprint density at radius 3 is 1.28 bits per heavy atom. The number of hydrogen-bond donors (Lipinski definition) is 2. The Hall–Kier alpha value is -3.92. The van der Waals surface area contributed by atoms with E-state index in [9.17, 15) is 9.59 Å². The van der Waals surface area contributed by atoms with E-state index in [2.05, 4.69) is 23.8 Å². The number of carbonyl (C=O) groups is 2. The number of benzene rings is 3. The first-order valence-corrected chi connectivity index (χ1v) is 12.1. The molecule has 36 heavy (non-hydrogen) atoms. The smallest absolute Gasteiger partial charge is 0.251 e. The van der Waals surface area contributed by atoms with Crippen molar-refractivity contribution >= 4 is 23.0 Å². The predicted molar refractivity (Wildman–Crippen MR) is 150 cm³/mol. The fourth-order valence-electron chi connectivity index (χ4n) is 4.00. The lowest BCUT2D eigenvalue weighted by molar-refractivity contribution is 0.0910. The van der Waals surface area contributed by atoms with Gasteiger partial charge in [-0.3, -0.25) is 9.59 Å². The minimum atomic E-state index is -0.614. The van der Waals surface area contributed by atoms with Crippen LogP contribution in [0, 0.1) is 0 Å². The normalized spacial score (nSPS) is 11.5. The fraction of sp³-hybridized carbons (Fsp3) is 0.250. The zero-order valence-electron chi connectivity index (χ0n) is 22.2. The molecule has 186 valence electrons. The summed E-state index contributed by atoms with van der Waals surface area (Å²) in [5.41, 5.74) is 5.57. The fourth-order valence-corrected chi connectivity index (χ4v) is 4.00. The van der Waals surface area contributed by atoms with Gasteiger partial charge in [-0.25, -0.2) is 0 Å². The van der Waals surface area contributed by atoms with E-state index in [1.807, 2.05) is 90.1 Å². The Labute approximate surface area is 215 Å². The molecule has 0 spiro atoms. The maximum Gasteiger partial charge on any atom is 0.251 e. The van der Waals surface area contributed by atoms with Gasteiger partial charge in [0.05, 0.1) is 11.1 Å². The first-order valence-electron chi connectivity index (χ1n) is 12.1. The van der Waals surface area contributed by atoms with Crippen LogP contribution in [-0.2, 0) is 11.1 Å². The average Bonchev–Trinajstić information content (AvgIpc) is 2.83. The monoisotopic (exact) mass is 480 g/mol. The lowest BCUT2D eigenvalue weighted by Gasteiger charge is -2.28. The van der Waals surface area contributed by atoms with Gasteiger partial charge in [-0.15, -0.1) is 0 Å². The molecule has 2 amide bonds. The van der Waals surface area contributed by atoms with Gasteiger partial charge < -0.3 is 10.6 Å². The zero-order valence-corrected chi connectivity index (χ0v) is 22.2. The second-order valence-corrected chi connectivity index (χ2v) is 10.5. The Morgan fingerprint density at radius 1 is 0.583 bits per heavy atom. The summed E-state index contributed by atoms with van der Waals surface area (Å²) in [6.45, 7) is 19.8. The lowest BCUT2D eigenvalue weighted by Crippen LogP contribution is -2.42. The van der Waals surface area contributed by atoms with Gasteiger partial charge in [0.1, 0.15) is 0 Å². The van der Waals surface area contributed by atoms with Crippen molar-refractivity contribution in [3.8, 4) is 0 Å². The quantitative estimate of drug-likeness (QED) is 0.362. The van der Waals surface area contributed by atoms with Crippen molar-refractivity contribution in [2.45, 2.75) is 52.6 Å². The van der Waals surface area contributed by atoms with E-state index in [4.69, 9.17) is 0 Å². The molecule has 0 heterocycles. The summed E-state index contributed by atoms with van der Waals surface area (Å²) >= 11 is 0. The van der Waals surface area contributed by atoms with E-state index in [0.717, 1.165) is 33.4 Å². The van der Waals surface area contributed by atoms with Crippen molar-refractivity contribution in [1.82, 2.24) is 10.6 Å². The minimum absolute atomic E-state index is 0.246. The van der Waals surface area contributed by atoms with E-state index < -0.39 is 11.1 Å². The number of carbonyl (C=O) groups excluding carboxylic acids is 2. The topological polar surface area (TPSA) is 58.2 Å². The van der Waals surface area contributed by atoms with Crippen LogP contribution < -0.4 is 10.6 Å². The predicted octanol–water partition coefficient (Wildman–Crippen LogP) is 7.08. The molecule has 0 aliphatic heterocycles. The van der Waals surface area contributed by atoms with Crippen LogP contribution in [0.5, 0.6) is 0 Å². The molecular formula is C32H36N2O2. The summed E-state index contributed by atoms with van der Waals surface area (Å²) in [6.07, 6.45) is 0. The third-order valence-corrected chi connectivity index (χ3v) is 6.39. The van der Waals surface area contributed by atoms with Crippen molar-refractivity contribution in [1.29, 1.82) is 0 Å². The summed E-state index contributed by atoms with van der Waals surface area (Å²) in [4.78, 5) is 26.3. The van der Waals surface area contributed by atoms with Crippen LogP contribution in [0.25, 0.3) is 11.1 Å². The highest BCUT2D eigenvalue weighted by molar-refractivity contribution is 6.00. The van der Waals surface area contributed by atoms with Crippen LogP contribution >= 0.6 is 0 Å². The van der Waals surface area contributed by atoms with Gasteiger partial charge in [-0.1, -0.05) is 66.8 Å². The third-order valence-electron chi connectivity index (χ3n) is 6.39. The highest BCUT2D eigenvalue weighted by atomic mass is 16.2. The molecule has 0 aliphatic rings. The minimum Gasteiger partial charge on any atom is -0.343 e. The van der Waals surface area contributed by atoms with Gasteiger partial charge in [0.2, 0.25) is 0 Å². The molecule has 0 aromatic heterocycles. The first kappa shape index (κ1) is 26.7. The molecule has 3 aromatic rings. The average molecular weight is 481 g/mol. The van der Waals surface area contributed by atoms with Gasteiger partial charge in [-0.05, 0) is 94.1 Å². The molecule has 3 rings (SSSR count). The summed E-state index contributed by atoms with van der Waals surface area (Å²) < 4.78 is 0. The van der Waals surface area contributed by atoms with Gasteiger partial charge in [-0.2, -0.15) is 0 Å². The first-order chi connectivity index (χ1) is 16.8. The van der Waals surface area contributed by atoms with E-state index in [1.165, 1.54) is 0 Å². The van der Waals surface area contributed by atoms with Gasteiger partial charge >= 0.3 is 0 Å². The summed E-state index contributed by atoms with van der Waals surface area (Å²) in [5.74, 6) is -0.493. The molecule has 0 saturated heterocycles. The third kappa shape index (κ3) is 6.19. The van der Waals surface area contributed by atoms with Gasteiger partial charge in [0, 0.05) is 11.1 Å². The molecule has 0 radical (unpaired) electrons. The Morgan fingerprint density at radius 2 is 0.917 bits per heavy atom. The molecule has 4 nitrogen and oxygen atoms in total. The van der Waals surface area contributed by atoms with Crippen molar-refractivity contribution < 1.29 is 9.59 Å². The number of hydrogen-bond acceptors (Lipinski definition) is 2. The summed E-state index contributed by atoms with van der Waals surface area (Å²) in [7, 11) is 0. The van der Waals surface area contributed by atoms with Gasteiger partial charge in [0.15, 0.2) is 0 Å². The number of rotatable bonds is 8. The molecule has 0 saturated carbocycles. The number of amides is 2. The van der Waals surface area contributed by atoms with Crippen LogP contribution in [0.15, 0.2) is 86.0 Å². The van der Waals surface area contributed by atoms with Crippen molar-refractivity contribution in [2.75, 3.05) is 0 Å². The van der Waals surface area contributed by atoms with E-state index in [0.29, 0.717) is 11.1 Å². The molecular weight excluding hydrogens is 444 g/mol. The van der Waals surface area contributed by atoms with Crippen LogP contribution in [0.3, 0.4) is 0 Å². The van der Waals surface area contributed by atoms with Crippen LogP contribution in [0.2, 0.25) is 0 Å². The number of allylic oxidation sites excluding steroid dienone is 2. The van der Waals surface area contributed by atoms with Crippen LogP contribution in [0.1, 0.15) is 84.5 Å². The van der Waals surface area contributed by atoms with Gasteiger partial charge in [0.25, 0.3) is 11.8 Å². The Bertz CT molecular complexity index is 1230. The second kappa shape index (κ2) is 10.4. The molecule has 0 atom stereocenters. The largest absolute Gasteiger partial charge is 0.343 e. The molecule has 0 aliphatic carbocycles. The molecule has 0 fully saturated rings. The molecule has 4 heteroatoms. The molecule has 0 unspecified atom stereocenters. The SMILES string of the molecule is C=C(C)c1cccc(C(C)(C)NC(=O)c2cccc(C(=O)NC(C)(C)c3cccc(C(=C)C)c3)c2)c1. The molecule has 0 bridgehead atoms. The number of nitrogens with one attached hydrogen (secondary N) is 2. The highest BCUT2D eigenvalue weighted by Gasteiger charge is 2.26.